The summed E-state index contributed by atoms with van der Waals surface area (Å²) >= 11 is 12.2. The Morgan fingerprint density at radius 3 is 2.52 bits per heavy atom. The smallest absolute Gasteiger partial charge is 0.271 e. The Hall–Kier alpha value is -3.75. The number of H-pyrrole nitrogens is 1. The number of carbonyl (C=O) groups excluding carboxylic acids is 3. The Bertz CT molecular complexity index is 1600. The third-order valence-corrected chi connectivity index (χ3v) is 8.76. The molecule has 1 aliphatic heterocycles. The first-order chi connectivity index (χ1) is 20.0. The summed E-state index contributed by atoms with van der Waals surface area (Å²) in [6.45, 7) is 0.792. The highest BCUT2D eigenvalue weighted by Crippen LogP contribution is 2.27. The number of nitrogens with zero attached hydrogens (tertiary/aromatic N) is 3. The average molecular weight is 635 g/mol. The lowest BCUT2D eigenvalue weighted by Gasteiger charge is -2.18. The van der Waals surface area contributed by atoms with E-state index in [0.29, 0.717) is 18.7 Å². The highest BCUT2D eigenvalue weighted by molar-refractivity contribution is 7.89. The van der Waals surface area contributed by atoms with Crippen LogP contribution in [0.3, 0.4) is 0 Å². The quantitative estimate of drug-likeness (QED) is 0.250. The number of aromatic nitrogens is 2. The zero-order valence-electron chi connectivity index (χ0n) is 22.7. The molecular weight excluding hydrogens is 605 g/mol. The summed E-state index contributed by atoms with van der Waals surface area (Å²) in [5, 5.41) is 14.7. The summed E-state index contributed by atoms with van der Waals surface area (Å²) < 4.78 is 27.9. The predicted octanol–water partition coefficient (Wildman–Crippen LogP) is 3.22. The maximum atomic E-state index is 13.3. The lowest BCUT2D eigenvalue weighted by molar-refractivity contribution is -0.111. The normalized spacial score (nSPS) is 15.7. The number of likely N-dealkylation sites (N-methyl/N-ethyl adjacent to an activating group) is 1. The minimum absolute atomic E-state index is 0.0151. The molecular formula is C27H29Cl2N7O5S. The van der Waals surface area contributed by atoms with Gasteiger partial charge in [-0.1, -0.05) is 41.4 Å². The van der Waals surface area contributed by atoms with Gasteiger partial charge in [0, 0.05) is 37.4 Å². The summed E-state index contributed by atoms with van der Waals surface area (Å²) in [6, 6.07) is 10.1. The molecule has 2 heterocycles. The lowest BCUT2D eigenvalue weighted by atomic mass is 10.2. The largest absolute Gasteiger partial charge is 0.347 e. The zero-order valence-corrected chi connectivity index (χ0v) is 25.1. The molecule has 15 heteroatoms. The highest BCUT2D eigenvalue weighted by Gasteiger charge is 2.34. The SMILES string of the molecule is CN(C)C/C=C/C(=O)Nc1cccc(S(=O)(=O)N2CC[C@H](NC(=O)c3[nH]ncc3NC(=O)c3c(Cl)cccc3Cl)C2)c1. The number of hydrogen-bond acceptors (Lipinski definition) is 7. The number of benzene rings is 2. The van der Waals surface area contributed by atoms with Crippen LogP contribution in [0.5, 0.6) is 0 Å². The third-order valence-electron chi connectivity index (χ3n) is 6.27. The molecule has 3 aromatic rings. The molecule has 1 atom stereocenters. The number of hydrogen-bond donors (Lipinski definition) is 4. The van der Waals surface area contributed by atoms with Crippen molar-refractivity contribution in [2.45, 2.75) is 17.4 Å². The van der Waals surface area contributed by atoms with Crippen molar-refractivity contribution in [3.8, 4) is 0 Å². The van der Waals surface area contributed by atoms with Crippen molar-refractivity contribution < 1.29 is 22.8 Å². The standard InChI is InChI=1S/C27H29Cl2N7O5S/c1-35(2)12-5-10-23(37)31-17-6-3-7-19(14-17)42(40,41)36-13-11-18(16-36)32-27(39)25-22(15-30-34-25)33-26(38)24-20(28)8-4-9-21(24)29/h3-10,14-15,18H,11-13,16H2,1-2H3,(H,30,34)(H,31,37)(H,32,39)(H,33,38)/b10-5+/t18-/m0/s1. The molecule has 222 valence electrons. The van der Waals surface area contributed by atoms with Crippen LogP contribution in [0, 0.1) is 0 Å². The molecule has 12 nitrogen and oxygen atoms in total. The van der Waals surface area contributed by atoms with Crippen LogP contribution in [0.25, 0.3) is 0 Å². The van der Waals surface area contributed by atoms with Crippen LogP contribution in [-0.2, 0) is 14.8 Å². The van der Waals surface area contributed by atoms with Gasteiger partial charge in [0.1, 0.15) is 5.69 Å². The molecule has 0 radical (unpaired) electrons. The zero-order chi connectivity index (χ0) is 30.4. The maximum Gasteiger partial charge on any atom is 0.271 e. The summed E-state index contributed by atoms with van der Waals surface area (Å²) in [6.07, 6.45) is 4.72. The van der Waals surface area contributed by atoms with E-state index in [1.54, 1.807) is 24.3 Å². The molecule has 0 saturated carbocycles. The van der Waals surface area contributed by atoms with Gasteiger partial charge < -0.3 is 20.9 Å². The third kappa shape index (κ3) is 7.55. The number of halogens is 2. The van der Waals surface area contributed by atoms with E-state index < -0.39 is 27.9 Å². The van der Waals surface area contributed by atoms with Crippen LogP contribution < -0.4 is 16.0 Å². The molecule has 0 spiro atoms. The van der Waals surface area contributed by atoms with Gasteiger partial charge >= 0.3 is 0 Å². The first kappa shape index (κ1) is 31.2. The second kappa shape index (κ2) is 13.5. The van der Waals surface area contributed by atoms with Gasteiger partial charge in [-0.05, 0) is 50.8 Å². The summed E-state index contributed by atoms with van der Waals surface area (Å²) in [4.78, 5) is 39.9. The van der Waals surface area contributed by atoms with Gasteiger partial charge in [-0.15, -0.1) is 0 Å². The van der Waals surface area contributed by atoms with Gasteiger partial charge in [0.25, 0.3) is 11.8 Å². The van der Waals surface area contributed by atoms with Gasteiger partial charge in [-0.3, -0.25) is 19.5 Å². The molecule has 1 fully saturated rings. The summed E-state index contributed by atoms with van der Waals surface area (Å²) in [5.41, 5.74) is 0.475. The Labute approximate surface area is 253 Å². The molecule has 4 N–H and O–H groups in total. The highest BCUT2D eigenvalue weighted by atomic mass is 35.5. The van der Waals surface area contributed by atoms with Crippen LogP contribution in [0.2, 0.25) is 10.0 Å². The summed E-state index contributed by atoms with van der Waals surface area (Å²) in [5.74, 6) is -1.58. The Balaban J connectivity index is 1.38. The van der Waals surface area contributed by atoms with E-state index in [-0.39, 0.29) is 50.9 Å². The average Bonchev–Trinajstić information content (AvgIpc) is 3.58. The molecule has 3 amide bonds. The first-order valence-electron chi connectivity index (χ1n) is 12.8. The van der Waals surface area contributed by atoms with Crippen molar-refractivity contribution in [1.29, 1.82) is 0 Å². The fourth-order valence-electron chi connectivity index (χ4n) is 4.21. The van der Waals surface area contributed by atoms with Gasteiger partial charge in [-0.25, -0.2) is 8.42 Å². The van der Waals surface area contributed by atoms with Crippen molar-refractivity contribution in [3.63, 3.8) is 0 Å². The summed E-state index contributed by atoms with van der Waals surface area (Å²) in [7, 11) is -0.158. The first-order valence-corrected chi connectivity index (χ1v) is 15.0. The van der Waals surface area contributed by atoms with Crippen LogP contribution in [0.4, 0.5) is 11.4 Å². The van der Waals surface area contributed by atoms with Crippen molar-refractivity contribution in [2.75, 3.05) is 44.4 Å². The Kier molecular flexibility index (Phi) is 10.0. The van der Waals surface area contributed by atoms with Gasteiger partial charge in [0.15, 0.2) is 0 Å². The van der Waals surface area contributed by atoms with E-state index >= 15 is 0 Å². The monoisotopic (exact) mass is 633 g/mol. The van der Waals surface area contributed by atoms with E-state index in [4.69, 9.17) is 23.2 Å². The van der Waals surface area contributed by atoms with Gasteiger partial charge in [0.05, 0.1) is 32.4 Å². The fraction of sp³-hybridized carbons (Fsp3) is 0.259. The predicted molar refractivity (Wildman–Crippen MR) is 160 cm³/mol. The number of rotatable bonds is 10. The molecule has 42 heavy (non-hydrogen) atoms. The second-order valence-electron chi connectivity index (χ2n) is 9.71. The van der Waals surface area contributed by atoms with E-state index in [2.05, 4.69) is 26.1 Å². The van der Waals surface area contributed by atoms with Crippen LogP contribution >= 0.6 is 23.2 Å². The number of sulfonamides is 1. The Morgan fingerprint density at radius 1 is 1.10 bits per heavy atom. The van der Waals surface area contributed by atoms with E-state index in [0.717, 1.165) is 0 Å². The molecule has 0 aliphatic carbocycles. The number of nitrogens with one attached hydrogen (secondary N) is 4. The van der Waals surface area contributed by atoms with Crippen LogP contribution in [-0.4, -0.2) is 85.3 Å². The molecule has 2 aromatic carbocycles. The number of amides is 3. The van der Waals surface area contributed by atoms with E-state index in [1.807, 2.05) is 19.0 Å². The van der Waals surface area contributed by atoms with Crippen molar-refractivity contribution in [1.82, 2.24) is 24.7 Å². The molecule has 1 saturated heterocycles. The molecule has 0 unspecified atom stereocenters. The van der Waals surface area contributed by atoms with E-state index in [1.165, 1.54) is 40.8 Å². The fourth-order valence-corrected chi connectivity index (χ4v) is 6.33. The van der Waals surface area contributed by atoms with E-state index in [9.17, 15) is 22.8 Å². The lowest BCUT2D eigenvalue weighted by Crippen LogP contribution is -2.39. The van der Waals surface area contributed by atoms with Gasteiger partial charge in [-0.2, -0.15) is 9.40 Å². The number of carbonyl (C=O) groups is 3. The number of aromatic amines is 1. The minimum Gasteiger partial charge on any atom is -0.347 e. The topological polar surface area (TPSA) is 157 Å². The minimum atomic E-state index is -3.91. The molecule has 1 aromatic heterocycles. The molecule has 0 bridgehead atoms. The van der Waals surface area contributed by atoms with Crippen molar-refractivity contribution in [2.24, 2.45) is 0 Å². The van der Waals surface area contributed by atoms with Crippen LogP contribution in [0.15, 0.2) is 65.7 Å². The Morgan fingerprint density at radius 2 is 1.81 bits per heavy atom. The number of anilines is 2. The maximum absolute atomic E-state index is 13.3. The van der Waals surface area contributed by atoms with Crippen molar-refractivity contribution in [3.05, 3.63) is 82.1 Å². The van der Waals surface area contributed by atoms with Crippen LogP contribution in [0.1, 0.15) is 27.3 Å². The van der Waals surface area contributed by atoms with Crippen molar-refractivity contribution >= 4 is 62.3 Å². The van der Waals surface area contributed by atoms with Gasteiger partial charge in [0.2, 0.25) is 15.9 Å². The molecule has 1 aliphatic rings. The molecule has 4 rings (SSSR count). The second-order valence-corrected chi connectivity index (χ2v) is 12.5.